The van der Waals surface area contributed by atoms with Crippen LogP contribution in [0, 0.1) is 11.8 Å². The van der Waals surface area contributed by atoms with Crippen molar-refractivity contribution < 1.29 is 23.9 Å². The highest BCUT2D eigenvalue weighted by atomic mass is 16.5. The van der Waals surface area contributed by atoms with Gasteiger partial charge in [-0.1, -0.05) is 24.3 Å². The predicted octanol–water partition coefficient (Wildman–Crippen LogP) is 2.30. The van der Waals surface area contributed by atoms with Crippen LogP contribution in [0.4, 0.5) is 11.4 Å². The molecule has 2 bridgehead atoms. The van der Waals surface area contributed by atoms with E-state index in [1.165, 1.54) is 6.92 Å². The molecule has 3 heterocycles. The number of carbonyl (C=O) groups is 3. The molecule has 3 aliphatic heterocycles. The maximum Gasteiger partial charge on any atom is 0.234 e. The topological polar surface area (TPSA) is 97.0 Å². The van der Waals surface area contributed by atoms with Crippen LogP contribution in [0.2, 0.25) is 0 Å². The first-order chi connectivity index (χ1) is 16.4. The zero-order valence-electron chi connectivity index (χ0n) is 19.1. The number of carbonyl (C=O) groups excluding carboxylic acids is 3. The van der Waals surface area contributed by atoms with Gasteiger partial charge in [0, 0.05) is 24.8 Å². The molecule has 8 nitrogen and oxygen atoms in total. The smallest absolute Gasteiger partial charge is 0.234 e. The quantitative estimate of drug-likeness (QED) is 0.617. The van der Waals surface area contributed by atoms with Crippen molar-refractivity contribution in [3.8, 4) is 5.75 Å². The Morgan fingerprint density at radius 3 is 2.56 bits per heavy atom. The van der Waals surface area contributed by atoms with Crippen molar-refractivity contribution in [3.63, 3.8) is 0 Å². The lowest BCUT2D eigenvalue weighted by Gasteiger charge is -2.23. The van der Waals surface area contributed by atoms with Gasteiger partial charge in [-0.15, -0.1) is 0 Å². The van der Waals surface area contributed by atoms with E-state index >= 15 is 0 Å². The van der Waals surface area contributed by atoms with Gasteiger partial charge in [0.1, 0.15) is 11.4 Å². The normalized spacial score (nSPS) is 26.5. The molecular weight excluding hydrogens is 434 g/mol. The minimum Gasteiger partial charge on any atom is -0.497 e. The maximum atomic E-state index is 13.5. The number of anilines is 2. The van der Waals surface area contributed by atoms with Crippen LogP contribution in [0.1, 0.15) is 12.5 Å². The third-order valence-electron chi connectivity index (χ3n) is 6.77. The van der Waals surface area contributed by atoms with Crippen molar-refractivity contribution in [2.75, 3.05) is 30.4 Å². The second-order valence-corrected chi connectivity index (χ2v) is 8.94. The summed E-state index contributed by atoms with van der Waals surface area (Å²) in [5, 5.41) is 5.72. The van der Waals surface area contributed by atoms with Gasteiger partial charge in [-0.2, -0.15) is 0 Å². The lowest BCUT2D eigenvalue weighted by atomic mass is 9.77. The Hall–Kier alpha value is -3.65. The fourth-order valence-electron chi connectivity index (χ4n) is 5.18. The van der Waals surface area contributed by atoms with E-state index in [1.54, 1.807) is 36.3 Å². The molecule has 5 rings (SSSR count). The monoisotopic (exact) mass is 461 g/mol. The van der Waals surface area contributed by atoms with Crippen LogP contribution in [0.25, 0.3) is 0 Å². The van der Waals surface area contributed by atoms with E-state index < -0.39 is 17.4 Å². The van der Waals surface area contributed by atoms with Crippen LogP contribution in [-0.4, -0.2) is 49.6 Å². The molecule has 0 saturated carbocycles. The number of fused-ring (bicyclic) bond motifs is 1. The Balaban J connectivity index is 1.26. The van der Waals surface area contributed by atoms with Gasteiger partial charge < -0.3 is 25.0 Å². The van der Waals surface area contributed by atoms with Gasteiger partial charge in [-0.25, -0.2) is 0 Å². The minimum atomic E-state index is -0.782. The first-order valence-corrected chi connectivity index (χ1v) is 11.4. The van der Waals surface area contributed by atoms with Gasteiger partial charge in [0.05, 0.1) is 31.6 Å². The van der Waals surface area contributed by atoms with Crippen molar-refractivity contribution in [1.29, 1.82) is 0 Å². The van der Waals surface area contributed by atoms with Gasteiger partial charge in [0.15, 0.2) is 0 Å². The molecule has 0 unspecified atom stereocenters. The maximum absolute atomic E-state index is 13.5. The highest BCUT2D eigenvalue weighted by Crippen LogP contribution is 2.52. The van der Waals surface area contributed by atoms with Gasteiger partial charge in [-0.3, -0.25) is 14.4 Å². The SMILES string of the molecule is COc1ccc(CCNC(=O)[C@@H]2[C@H]3C(=O)N(c4ccc(NC(C)=O)cc4)C[C@@]34C=C[C@H]2O4)cc1. The van der Waals surface area contributed by atoms with Crippen molar-refractivity contribution in [1.82, 2.24) is 5.32 Å². The van der Waals surface area contributed by atoms with Crippen LogP contribution < -0.4 is 20.3 Å². The number of benzene rings is 2. The number of methoxy groups -OCH3 is 1. The van der Waals surface area contributed by atoms with Crippen LogP contribution in [0.5, 0.6) is 5.75 Å². The summed E-state index contributed by atoms with van der Waals surface area (Å²) in [6.45, 7) is 2.28. The molecular formula is C26H27N3O5. The Morgan fingerprint density at radius 1 is 1.15 bits per heavy atom. The van der Waals surface area contributed by atoms with Crippen molar-refractivity contribution >= 4 is 29.1 Å². The van der Waals surface area contributed by atoms with E-state index in [2.05, 4.69) is 10.6 Å². The molecule has 1 spiro atoms. The fraction of sp³-hybridized carbons (Fsp3) is 0.346. The van der Waals surface area contributed by atoms with Gasteiger partial charge >= 0.3 is 0 Å². The summed E-state index contributed by atoms with van der Waals surface area (Å²) in [7, 11) is 1.63. The second kappa shape index (κ2) is 8.61. The largest absolute Gasteiger partial charge is 0.497 e. The van der Waals surface area contributed by atoms with Crippen LogP contribution in [0.3, 0.4) is 0 Å². The lowest BCUT2D eigenvalue weighted by molar-refractivity contribution is -0.131. The molecule has 2 saturated heterocycles. The summed E-state index contributed by atoms with van der Waals surface area (Å²) in [5.41, 5.74) is 1.68. The summed E-state index contributed by atoms with van der Waals surface area (Å²) in [4.78, 5) is 39.5. The van der Waals surface area contributed by atoms with E-state index in [9.17, 15) is 14.4 Å². The van der Waals surface area contributed by atoms with Crippen LogP contribution in [-0.2, 0) is 25.5 Å². The molecule has 4 atom stereocenters. The number of ether oxygens (including phenoxy) is 2. The van der Waals surface area contributed by atoms with Crippen molar-refractivity contribution in [2.45, 2.75) is 25.0 Å². The second-order valence-electron chi connectivity index (χ2n) is 8.94. The molecule has 34 heavy (non-hydrogen) atoms. The van der Waals surface area contributed by atoms with E-state index in [0.717, 1.165) is 11.3 Å². The van der Waals surface area contributed by atoms with E-state index in [-0.39, 0.29) is 23.8 Å². The molecule has 2 aromatic carbocycles. The number of amides is 3. The molecule has 0 aliphatic carbocycles. The van der Waals surface area contributed by atoms with Crippen molar-refractivity contribution in [2.24, 2.45) is 11.8 Å². The molecule has 2 aromatic rings. The standard InChI is InChI=1S/C26H27N3O5/c1-16(30)28-18-5-7-19(8-6-18)29-15-26-13-11-21(34-26)22(23(26)25(29)32)24(31)27-14-12-17-3-9-20(33-2)10-4-17/h3-11,13,21-23H,12,14-15H2,1-2H3,(H,27,31)(H,28,30)/t21-,22+,23+,26+/m1/s1. The summed E-state index contributed by atoms with van der Waals surface area (Å²) in [5.74, 6) is -0.760. The fourth-order valence-corrected chi connectivity index (χ4v) is 5.18. The van der Waals surface area contributed by atoms with Gasteiger partial charge in [0.25, 0.3) is 0 Å². The highest BCUT2D eigenvalue weighted by molar-refractivity contribution is 6.03. The zero-order valence-corrected chi connectivity index (χ0v) is 19.1. The number of nitrogens with one attached hydrogen (secondary N) is 2. The summed E-state index contributed by atoms with van der Waals surface area (Å²) in [6, 6.07) is 14.8. The Morgan fingerprint density at radius 2 is 1.88 bits per heavy atom. The van der Waals surface area contributed by atoms with Crippen LogP contribution >= 0.6 is 0 Å². The first kappa shape index (κ1) is 22.2. The molecule has 2 fully saturated rings. The number of rotatable bonds is 7. The Bertz CT molecular complexity index is 1140. The van der Waals surface area contributed by atoms with Gasteiger partial charge in [0.2, 0.25) is 17.7 Å². The highest BCUT2D eigenvalue weighted by Gasteiger charge is 2.67. The molecule has 2 N–H and O–H groups in total. The third kappa shape index (κ3) is 3.84. The molecule has 176 valence electrons. The van der Waals surface area contributed by atoms with Crippen molar-refractivity contribution in [3.05, 3.63) is 66.2 Å². The van der Waals surface area contributed by atoms with E-state index in [1.807, 2.05) is 36.4 Å². The Labute approximate surface area is 197 Å². The molecule has 0 radical (unpaired) electrons. The van der Waals surface area contributed by atoms with E-state index in [4.69, 9.17) is 9.47 Å². The summed E-state index contributed by atoms with van der Waals surface area (Å²) in [6.07, 6.45) is 4.13. The Kier molecular flexibility index (Phi) is 5.61. The first-order valence-electron chi connectivity index (χ1n) is 11.4. The lowest BCUT2D eigenvalue weighted by Crippen LogP contribution is -2.44. The van der Waals surface area contributed by atoms with E-state index in [0.29, 0.717) is 30.9 Å². The average molecular weight is 462 g/mol. The number of nitrogens with zero attached hydrogens (tertiary/aromatic N) is 1. The number of hydrogen-bond donors (Lipinski definition) is 2. The van der Waals surface area contributed by atoms with Crippen LogP contribution in [0.15, 0.2) is 60.7 Å². The third-order valence-corrected chi connectivity index (χ3v) is 6.77. The summed E-state index contributed by atoms with van der Waals surface area (Å²) >= 11 is 0. The average Bonchev–Trinajstić information content (AvgIpc) is 3.48. The molecule has 3 amide bonds. The summed E-state index contributed by atoms with van der Waals surface area (Å²) < 4.78 is 11.4. The minimum absolute atomic E-state index is 0.116. The predicted molar refractivity (Wildman–Crippen MR) is 127 cm³/mol. The zero-order chi connectivity index (χ0) is 23.9. The van der Waals surface area contributed by atoms with Gasteiger partial charge in [-0.05, 0) is 48.4 Å². The molecule has 3 aliphatic rings. The molecule has 8 heteroatoms. The number of hydrogen-bond acceptors (Lipinski definition) is 5. The molecule has 0 aromatic heterocycles.